The molecule has 1 aromatic carbocycles. The van der Waals surface area contributed by atoms with E-state index >= 15 is 0 Å². The first kappa shape index (κ1) is 17.4. The minimum atomic E-state index is -0.0517. The second-order valence-electron chi connectivity index (χ2n) is 5.96. The van der Waals surface area contributed by atoms with Gasteiger partial charge in [-0.3, -0.25) is 4.90 Å². The fourth-order valence-corrected chi connectivity index (χ4v) is 2.82. The highest BCUT2D eigenvalue weighted by molar-refractivity contribution is 5.85. The third kappa shape index (κ3) is 4.44. The maximum Gasteiger partial charge on any atom is 0.128 e. The molecule has 2 nitrogen and oxygen atoms in total. The smallest absolute Gasteiger partial charge is 0.128 e. The molecule has 0 saturated carbocycles. The van der Waals surface area contributed by atoms with Crippen molar-refractivity contribution in [3.05, 3.63) is 35.1 Å². The molecule has 1 saturated heterocycles. The zero-order valence-electron chi connectivity index (χ0n) is 12.7. The highest BCUT2D eigenvalue weighted by Gasteiger charge is 2.25. The molecule has 0 bridgehead atoms. The second kappa shape index (κ2) is 7.96. The molecule has 0 radical (unpaired) electrons. The monoisotopic (exact) mass is 300 g/mol. The van der Waals surface area contributed by atoms with Gasteiger partial charge in [-0.2, -0.15) is 0 Å². The first-order chi connectivity index (χ1) is 9.08. The third-order valence-electron chi connectivity index (χ3n) is 3.80. The Hall–Kier alpha value is -0.640. The molecule has 1 aliphatic rings. The zero-order chi connectivity index (χ0) is 13.8. The first-order valence-electron chi connectivity index (χ1n) is 7.28. The van der Waals surface area contributed by atoms with Crippen molar-refractivity contribution in [1.29, 1.82) is 0 Å². The fraction of sp³-hybridized carbons (Fsp3) is 0.625. The van der Waals surface area contributed by atoms with Crippen LogP contribution in [0.25, 0.3) is 0 Å². The largest absolute Gasteiger partial charge is 0.314 e. The third-order valence-corrected chi connectivity index (χ3v) is 3.80. The summed E-state index contributed by atoms with van der Waals surface area (Å²) in [7, 11) is 0. The van der Waals surface area contributed by atoms with Gasteiger partial charge in [0.1, 0.15) is 5.82 Å². The van der Waals surface area contributed by atoms with Crippen molar-refractivity contribution in [2.45, 2.75) is 33.2 Å². The van der Waals surface area contributed by atoms with Crippen molar-refractivity contribution in [2.24, 2.45) is 5.92 Å². The van der Waals surface area contributed by atoms with E-state index in [1.807, 2.05) is 19.1 Å². The van der Waals surface area contributed by atoms with E-state index in [1.54, 1.807) is 6.07 Å². The van der Waals surface area contributed by atoms with E-state index in [1.165, 1.54) is 0 Å². The van der Waals surface area contributed by atoms with Crippen LogP contribution in [0.3, 0.4) is 0 Å². The summed E-state index contributed by atoms with van der Waals surface area (Å²) in [4.78, 5) is 2.42. The van der Waals surface area contributed by atoms with Gasteiger partial charge in [0.2, 0.25) is 0 Å². The predicted octanol–water partition coefficient (Wildman–Crippen LogP) is 3.55. The van der Waals surface area contributed by atoms with E-state index in [-0.39, 0.29) is 24.3 Å². The van der Waals surface area contributed by atoms with Crippen LogP contribution in [0, 0.1) is 18.7 Å². The van der Waals surface area contributed by atoms with Crippen LogP contribution < -0.4 is 5.32 Å². The summed E-state index contributed by atoms with van der Waals surface area (Å²) in [6.45, 7) is 10.4. The topological polar surface area (TPSA) is 15.3 Å². The first-order valence-corrected chi connectivity index (χ1v) is 7.28. The van der Waals surface area contributed by atoms with Crippen LogP contribution in [0.1, 0.15) is 37.4 Å². The minimum Gasteiger partial charge on any atom is -0.314 e. The molecular formula is C16H26ClFN2. The van der Waals surface area contributed by atoms with Gasteiger partial charge >= 0.3 is 0 Å². The maximum absolute atomic E-state index is 14.3. The Morgan fingerprint density at radius 3 is 2.45 bits per heavy atom. The Balaban J connectivity index is 0.00000200. The van der Waals surface area contributed by atoms with Gasteiger partial charge in [-0.15, -0.1) is 12.4 Å². The van der Waals surface area contributed by atoms with Crippen molar-refractivity contribution in [3.8, 4) is 0 Å². The van der Waals surface area contributed by atoms with Gasteiger partial charge in [0, 0.05) is 37.8 Å². The van der Waals surface area contributed by atoms with Gasteiger partial charge in [0.15, 0.2) is 0 Å². The number of aryl methyl sites for hydroxylation is 1. The molecule has 0 aliphatic carbocycles. The van der Waals surface area contributed by atoms with Crippen molar-refractivity contribution in [3.63, 3.8) is 0 Å². The number of rotatable bonds is 4. The van der Waals surface area contributed by atoms with Crippen LogP contribution in [0.2, 0.25) is 0 Å². The molecule has 1 N–H and O–H groups in total. The number of nitrogens with zero attached hydrogens (tertiary/aromatic N) is 1. The molecule has 1 atom stereocenters. The van der Waals surface area contributed by atoms with Crippen LogP contribution in [0.15, 0.2) is 18.2 Å². The van der Waals surface area contributed by atoms with Crippen molar-refractivity contribution >= 4 is 12.4 Å². The maximum atomic E-state index is 14.3. The highest BCUT2D eigenvalue weighted by atomic mass is 35.5. The molecule has 1 aromatic rings. The Labute approximate surface area is 128 Å². The number of hydrogen-bond donors (Lipinski definition) is 1. The molecule has 2 rings (SSSR count). The van der Waals surface area contributed by atoms with Crippen molar-refractivity contribution < 1.29 is 4.39 Å². The number of piperazine rings is 1. The van der Waals surface area contributed by atoms with E-state index in [0.717, 1.165) is 43.7 Å². The van der Waals surface area contributed by atoms with Gasteiger partial charge < -0.3 is 5.32 Å². The average molecular weight is 301 g/mol. The van der Waals surface area contributed by atoms with Gasteiger partial charge in [0.05, 0.1) is 0 Å². The van der Waals surface area contributed by atoms with E-state index in [0.29, 0.717) is 5.92 Å². The zero-order valence-corrected chi connectivity index (χ0v) is 13.5. The molecule has 1 heterocycles. The summed E-state index contributed by atoms with van der Waals surface area (Å²) < 4.78 is 14.3. The molecule has 20 heavy (non-hydrogen) atoms. The van der Waals surface area contributed by atoms with Crippen LogP contribution >= 0.6 is 12.4 Å². The van der Waals surface area contributed by atoms with E-state index in [4.69, 9.17) is 0 Å². The summed E-state index contributed by atoms with van der Waals surface area (Å²) >= 11 is 0. The van der Waals surface area contributed by atoms with Gasteiger partial charge in [-0.25, -0.2) is 4.39 Å². The summed E-state index contributed by atoms with van der Waals surface area (Å²) in [6.07, 6.45) is 1.01. The van der Waals surface area contributed by atoms with Gasteiger partial charge in [-0.05, 0) is 30.9 Å². The lowest BCUT2D eigenvalue weighted by molar-refractivity contribution is 0.151. The molecule has 4 heteroatoms. The van der Waals surface area contributed by atoms with E-state index in [9.17, 15) is 4.39 Å². The average Bonchev–Trinajstić information content (AvgIpc) is 2.37. The van der Waals surface area contributed by atoms with Crippen LogP contribution in [-0.4, -0.2) is 31.1 Å². The molecule has 0 spiro atoms. The quantitative estimate of drug-likeness (QED) is 0.915. The Morgan fingerprint density at radius 1 is 1.25 bits per heavy atom. The minimum absolute atomic E-state index is 0. The Bertz CT molecular complexity index is 417. The fourth-order valence-electron chi connectivity index (χ4n) is 2.82. The van der Waals surface area contributed by atoms with Crippen LogP contribution in [-0.2, 0) is 0 Å². The highest BCUT2D eigenvalue weighted by Crippen LogP contribution is 2.30. The number of nitrogens with one attached hydrogen (secondary N) is 1. The van der Waals surface area contributed by atoms with E-state index in [2.05, 4.69) is 24.1 Å². The van der Waals surface area contributed by atoms with Gasteiger partial charge in [0.25, 0.3) is 0 Å². The molecule has 114 valence electrons. The van der Waals surface area contributed by atoms with E-state index < -0.39 is 0 Å². The number of hydrogen-bond acceptors (Lipinski definition) is 2. The Kier molecular flexibility index (Phi) is 6.93. The lowest BCUT2D eigenvalue weighted by Gasteiger charge is -2.36. The van der Waals surface area contributed by atoms with Gasteiger partial charge in [-0.1, -0.05) is 26.0 Å². The molecular weight excluding hydrogens is 275 g/mol. The summed E-state index contributed by atoms with van der Waals surface area (Å²) in [5.41, 5.74) is 1.85. The summed E-state index contributed by atoms with van der Waals surface area (Å²) in [5, 5.41) is 3.36. The molecule has 0 amide bonds. The SMILES string of the molecule is Cc1ccc([C@@H](CC(C)C)N2CCNCC2)c(F)c1.Cl. The Morgan fingerprint density at radius 2 is 1.90 bits per heavy atom. The lowest BCUT2D eigenvalue weighted by Crippen LogP contribution is -2.45. The standard InChI is InChI=1S/C16H25FN2.ClH/c1-12(2)10-16(19-8-6-18-7-9-19)14-5-4-13(3)11-15(14)17;/h4-5,11-12,16,18H,6-10H2,1-3H3;1H/t16-;/m1./s1. The molecule has 1 fully saturated rings. The van der Waals surface area contributed by atoms with Crippen molar-refractivity contribution in [2.75, 3.05) is 26.2 Å². The number of halogens is 2. The summed E-state index contributed by atoms with van der Waals surface area (Å²) in [6, 6.07) is 5.86. The van der Waals surface area contributed by atoms with Crippen molar-refractivity contribution in [1.82, 2.24) is 10.2 Å². The van der Waals surface area contributed by atoms with Crippen LogP contribution in [0.4, 0.5) is 4.39 Å². The summed E-state index contributed by atoms with van der Waals surface area (Å²) in [5.74, 6) is 0.518. The number of benzene rings is 1. The normalized spacial score (nSPS) is 17.9. The predicted molar refractivity (Wildman–Crippen MR) is 85.0 cm³/mol. The molecule has 0 unspecified atom stereocenters. The van der Waals surface area contributed by atoms with Crippen LogP contribution in [0.5, 0.6) is 0 Å². The second-order valence-corrected chi connectivity index (χ2v) is 5.96. The molecule has 1 aliphatic heterocycles. The molecule has 0 aromatic heterocycles. The lowest BCUT2D eigenvalue weighted by atomic mass is 9.94.